The molecular weight excluding hydrogens is 292 g/mol. The first-order valence-electron chi connectivity index (χ1n) is 8.02. The maximum absolute atomic E-state index is 12.3. The third-order valence-electron chi connectivity index (χ3n) is 4.30. The number of hydrogen-bond acceptors (Lipinski definition) is 4. The van der Waals surface area contributed by atoms with Crippen molar-refractivity contribution in [1.29, 1.82) is 0 Å². The summed E-state index contributed by atoms with van der Waals surface area (Å²) in [5, 5.41) is 6.94. The molecule has 1 saturated carbocycles. The molecule has 0 bridgehead atoms. The smallest absolute Gasteiger partial charge is 0.318 e. The average molecular weight is 314 g/mol. The lowest BCUT2D eigenvalue weighted by molar-refractivity contribution is 0.201. The van der Waals surface area contributed by atoms with Crippen LogP contribution in [0.25, 0.3) is 0 Å². The fourth-order valence-electron chi connectivity index (χ4n) is 2.56. The standard InChI is InChI=1S/C17H22N4O2/c1-12(13-7-4-3-5-8-13)18-17(22)21(2)11-15-19-16(23-20-15)14-9-6-10-14/h3-5,7-8,12,14H,6,9-11H2,1-2H3,(H,18,22). The zero-order chi connectivity index (χ0) is 16.2. The van der Waals surface area contributed by atoms with Gasteiger partial charge in [-0.15, -0.1) is 0 Å². The SMILES string of the molecule is CC(NC(=O)N(C)Cc1noc(C2CCC2)n1)c1ccccc1. The van der Waals surface area contributed by atoms with Crippen LogP contribution in [0.2, 0.25) is 0 Å². The Labute approximate surface area is 135 Å². The van der Waals surface area contributed by atoms with Gasteiger partial charge in [0.2, 0.25) is 5.89 Å². The number of hydrogen-bond donors (Lipinski definition) is 1. The van der Waals surface area contributed by atoms with E-state index in [0.29, 0.717) is 24.2 Å². The highest BCUT2D eigenvalue weighted by Gasteiger charge is 2.26. The molecule has 0 spiro atoms. The normalized spacial score (nSPS) is 15.7. The number of nitrogens with zero attached hydrogens (tertiary/aromatic N) is 3. The number of carbonyl (C=O) groups excluding carboxylic acids is 1. The number of benzene rings is 1. The Morgan fingerprint density at radius 3 is 2.78 bits per heavy atom. The van der Waals surface area contributed by atoms with Crippen molar-refractivity contribution in [3.63, 3.8) is 0 Å². The molecule has 0 radical (unpaired) electrons. The average Bonchev–Trinajstić information content (AvgIpc) is 2.94. The highest BCUT2D eigenvalue weighted by molar-refractivity contribution is 5.74. The van der Waals surface area contributed by atoms with E-state index >= 15 is 0 Å². The third kappa shape index (κ3) is 3.70. The molecule has 6 heteroatoms. The molecule has 6 nitrogen and oxygen atoms in total. The van der Waals surface area contributed by atoms with Crippen LogP contribution in [0.3, 0.4) is 0 Å². The van der Waals surface area contributed by atoms with Crippen molar-refractivity contribution in [3.8, 4) is 0 Å². The highest BCUT2D eigenvalue weighted by atomic mass is 16.5. The van der Waals surface area contributed by atoms with Gasteiger partial charge in [-0.1, -0.05) is 41.9 Å². The van der Waals surface area contributed by atoms with E-state index in [1.165, 1.54) is 6.42 Å². The van der Waals surface area contributed by atoms with Crippen LogP contribution in [0.5, 0.6) is 0 Å². The first-order chi connectivity index (χ1) is 11.1. The Morgan fingerprint density at radius 2 is 2.13 bits per heavy atom. The Hall–Kier alpha value is -2.37. The van der Waals surface area contributed by atoms with Crippen LogP contribution in [0, 0.1) is 0 Å². The van der Waals surface area contributed by atoms with Gasteiger partial charge in [0.1, 0.15) is 0 Å². The topological polar surface area (TPSA) is 71.3 Å². The predicted octanol–water partition coefficient (Wildman–Crippen LogP) is 3.24. The molecule has 1 fully saturated rings. The minimum Gasteiger partial charge on any atom is -0.339 e. The van der Waals surface area contributed by atoms with E-state index in [9.17, 15) is 4.79 Å². The third-order valence-corrected chi connectivity index (χ3v) is 4.30. The maximum Gasteiger partial charge on any atom is 0.318 e. The summed E-state index contributed by atoms with van der Waals surface area (Å²) in [5.41, 5.74) is 1.07. The number of rotatable bonds is 5. The van der Waals surface area contributed by atoms with Crippen molar-refractivity contribution in [2.75, 3.05) is 7.05 Å². The van der Waals surface area contributed by atoms with E-state index in [1.54, 1.807) is 11.9 Å². The predicted molar refractivity (Wildman–Crippen MR) is 85.7 cm³/mol. The number of amides is 2. The van der Waals surface area contributed by atoms with Crippen molar-refractivity contribution in [1.82, 2.24) is 20.4 Å². The molecule has 122 valence electrons. The highest BCUT2D eigenvalue weighted by Crippen LogP contribution is 2.35. The van der Waals surface area contributed by atoms with Crippen LogP contribution in [0.15, 0.2) is 34.9 Å². The number of aromatic nitrogens is 2. The van der Waals surface area contributed by atoms with Gasteiger partial charge in [0.05, 0.1) is 12.6 Å². The summed E-state index contributed by atoms with van der Waals surface area (Å²) in [6.45, 7) is 2.30. The quantitative estimate of drug-likeness (QED) is 0.919. The summed E-state index contributed by atoms with van der Waals surface area (Å²) < 4.78 is 5.28. The van der Waals surface area contributed by atoms with Crippen molar-refractivity contribution in [2.24, 2.45) is 0 Å². The first kappa shape index (κ1) is 15.5. The van der Waals surface area contributed by atoms with Gasteiger partial charge in [0.15, 0.2) is 5.82 Å². The lowest BCUT2D eigenvalue weighted by Crippen LogP contribution is -2.38. The molecule has 1 aliphatic carbocycles. The summed E-state index contributed by atoms with van der Waals surface area (Å²) in [6.07, 6.45) is 3.46. The van der Waals surface area contributed by atoms with Gasteiger partial charge in [0.25, 0.3) is 0 Å². The summed E-state index contributed by atoms with van der Waals surface area (Å²) in [7, 11) is 1.73. The molecule has 1 atom stereocenters. The number of urea groups is 1. The van der Waals surface area contributed by atoms with E-state index in [1.807, 2.05) is 37.3 Å². The van der Waals surface area contributed by atoms with Crippen molar-refractivity contribution >= 4 is 6.03 Å². The lowest BCUT2D eigenvalue weighted by atomic mass is 9.85. The fraction of sp³-hybridized carbons (Fsp3) is 0.471. The molecule has 23 heavy (non-hydrogen) atoms. The summed E-state index contributed by atoms with van der Waals surface area (Å²) in [4.78, 5) is 18.2. The van der Waals surface area contributed by atoms with E-state index in [2.05, 4.69) is 15.5 Å². The second kappa shape index (κ2) is 6.81. The molecule has 1 heterocycles. The number of carbonyl (C=O) groups is 1. The Balaban J connectivity index is 1.54. The van der Waals surface area contributed by atoms with Crippen LogP contribution < -0.4 is 5.32 Å². The molecule has 1 unspecified atom stereocenters. The van der Waals surface area contributed by atoms with Crippen LogP contribution in [0.4, 0.5) is 4.79 Å². The van der Waals surface area contributed by atoms with Gasteiger partial charge in [-0.2, -0.15) is 4.98 Å². The number of nitrogens with one attached hydrogen (secondary N) is 1. The summed E-state index contributed by atoms with van der Waals surface area (Å²) in [6, 6.07) is 9.66. The molecular formula is C17H22N4O2. The van der Waals surface area contributed by atoms with Gasteiger partial charge in [-0.3, -0.25) is 0 Å². The molecule has 1 N–H and O–H groups in total. The molecule has 0 aliphatic heterocycles. The zero-order valence-electron chi connectivity index (χ0n) is 13.5. The minimum absolute atomic E-state index is 0.0537. The van der Waals surface area contributed by atoms with Crippen LogP contribution in [-0.4, -0.2) is 28.1 Å². The molecule has 3 rings (SSSR count). The molecule has 2 amide bonds. The second-order valence-corrected chi connectivity index (χ2v) is 6.11. The largest absolute Gasteiger partial charge is 0.339 e. The second-order valence-electron chi connectivity index (χ2n) is 6.11. The molecule has 2 aromatic rings. The van der Waals surface area contributed by atoms with E-state index < -0.39 is 0 Å². The molecule has 1 aromatic carbocycles. The van der Waals surface area contributed by atoms with Crippen LogP contribution in [-0.2, 0) is 6.54 Å². The summed E-state index contributed by atoms with van der Waals surface area (Å²) in [5.74, 6) is 1.67. The lowest BCUT2D eigenvalue weighted by Gasteiger charge is -2.21. The van der Waals surface area contributed by atoms with Gasteiger partial charge in [-0.25, -0.2) is 4.79 Å². The van der Waals surface area contributed by atoms with Crippen LogP contribution in [0.1, 0.15) is 55.4 Å². The monoisotopic (exact) mass is 314 g/mol. The maximum atomic E-state index is 12.3. The minimum atomic E-state index is -0.156. The summed E-state index contributed by atoms with van der Waals surface area (Å²) >= 11 is 0. The van der Waals surface area contributed by atoms with E-state index in [4.69, 9.17) is 4.52 Å². The Kier molecular flexibility index (Phi) is 4.60. The Morgan fingerprint density at radius 1 is 1.39 bits per heavy atom. The fourth-order valence-corrected chi connectivity index (χ4v) is 2.56. The Bertz CT molecular complexity index is 652. The van der Waals surface area contributed by atoms with Crippen molar-refractivity contribution in [3.05, 3.63) is 47.6 Å². The van der Waals surface area contributed by atoms with Crippen molar-refractivity contribution < 1.29 is 9.32 Å². The van der Waals surface area contributed by atoms with Gasteiger partial charge < -0.3 is 14.7 Å². The first-order valence-corrected chi connectivity index (χ1v) is 8.02. The molecule has 1 aromatic heterocycles. The van der Waals surface area contributed by atoms with E-state index in [0.717, 1.165) is 18.4 Å². The van der Waals surface area contributed by atoms with Crippen molar-refractivity contribution in [2.45, 2.75) is 44.7 Å². The van der Waals surface area contributed by atoms with E-state index in [-0.39, 0.29) is 12.1 Å². The van der Waals surface area contributed by atoms with Gasteiger partial charge in [0, 0.05) is 13.0 Å². The van der Waals surface area contributed by atoms with Gasteiger partial charge >= 0.3 is 6.03 Å². The molecule has 0 saturated heterocycles. The zero-order valence-corrected chi connectivity index (χ0v) is 13.5. The van der Waals surface area contributed by atoms with Gasteiger partial charge in [-0.05, 0) is 25.3 Å². The van der Waals surface area contributed by atoms with Crippen LogP contribution >= 0.6 is 0 Å². The molecule has 1 aliphatic rings.